The van der Waals surface area contributed by atoms with Gasteiger partial charge in [-0.15, -0.1) is 0 Å². The molecule has 2 atom stereocenters. The number of hydrogen-bond acceptors (Lipinski definition) is 3. The second kappa shape index (κ2) is 15.0. The molecule has 3 aliphatic rings. The quantitative estimate of drug-likeness (QED) is 0.181. The third-order valence-corrected chi connectivity index (χ3v) is 13.4. The summed E-state index contributed by atoms with van der Waals surface area (Å²) in [6, 6.07) is 81.7. The molecular weight excluding hydrogens is 765 g/mol. The standard InChI is InChI=1S/C60H44N2O/c1-62-56(41-19-6-3-7-20-41)39-55(40-17-4-2-5-18-40)61-59(62)48-26-16-25-46(37-48)44-23-14-21-42(35-44)43-22-15-24-45(36-43)47-33-34-50-49-27-8-9-28-51(49)60(54(50)38-47)52-29-10-12-31-57(52)63-58-32-13-11-30-53(58)60/h2-39,55,59,61H,1H3. The highest BCUT2D eigenvalue weighted by atomic mass is 16.5. The van der Waals surface area contributed by atoms with Crippen molar-refractivity contribution >= 4 is 5.70 Å². The van der Waals surface area contributed by atoms with Crippen LogP contribution in [-0.2, 0) is 5.41 Å². The molecule has 2 unspecified atom stereocenters. The molecule has 0 fully saturated rings. The number of benzene rings is 9. The number of nitrogens with zero attached hydrogens (tertiary/aromatic N) is 1. The number of rotatable bonds is 6. The number of nitrogens with one attached hydrogen (secondary N) is 1. The lowest BCUT2D eigenvalue weighted by molar-refractivity contribution is 0.263. The zero-order valence-corrected chi connectivity index (χ0v) is 34.9. The Kier molecular flexibility index (Phi) is 8.84. The van der Waals surface area contributed by atoms with Gasteiger partial charge in [0.1, 0.15) is 17.7 Å². The van der Waals surface area contributed by atoms with E-state index in [1.54, 1.807) is 0 Å². The normalized spacial score (nSPS) is 16.6. The molecule has 0 bridgehead atoms. The van der Waals surface area contributed by atoms with Gasteiger partial charge in [-0.1, -0.05) is 188 Å². The van der Waals surface area contributed by atoms with Crippen LogP contribution in [-0.4, -0.2) is 11.9 Å². The highest BCUT2D eigenvalue weighted by molar-refractivity contribution is 5.90. The maximum Gasteiger partial charge on any atom is 0.132 e. The van der Waals surface area contributed by atoms with Gasteiger partial charge in [0.05, 0.1) is 11.5 Å². The Balaban J connectivity index is 0.904. The van der Waals surface area contributed by atoms with E-state index in [4.69, 9.17) is 4.74 Å². The van der Waals surface area contributed by atoms with Crippen molar-refractivity contribution in [3.05, 3.63) is 269 Å². The van der Waals surface area contributed by atoms with Gasteiger partial charge in [-0.05, 0) is 115 Å². The van der Waals surface area contributed by atoms with Crippen LogP contribution in [0.4, 0.5) is 0 Å². The van der Waals surface area contributed by atoms with Gasteiger partial charge >= 0.3 is 0 Å². The molecule has 63 heavy (non-hydrogen) atoms. The smallest absolute Gasteiger partial charge is 0.132 e. The fraction of sp³-hybridized carbons (Fsp3) is 0.0667. The monoisotopic (exact) mass is 808 g/mol. The molecule has 9 aromatic carbocycles. The van der Waals surface area contributed by atoms with E-state index in [-0.39, 0.29) is 12.2 Å². The van der Waals surface area contributed by atoms with Crippen molar-refractivity contribution in [3.63, 3.8) is 0 Å². The first kappa shape index (κ1) is 37.1. The number of ether oxygens (including phenoxy) is 1. The molecule has 0 aromatic heterocycles. The first-order chi connectivity index (χ1) is 31.1. The fourth-order valence-corrected chi connectivity index (χ4v) is 10.5. The lowest BCUT2D eigenvalue weighted by Gasteiger charge is -2.40. The molecule has 3 heteroatoms. The van der Waals surface area contributed by atoms with Gasteiger partial charge in [0.2, 0.25) is 0 Å². The minimum Gasteiger partial charge on any atom is -0.457 e. The van der Waals surface area contributed by atoms with E-state index >= 15 is 0 Å². The topological polar surface area (TPSA) is 24.5 Å². The highest BCUT2D eigenvalue weighted by Gasteiger charge is 2.51. The Morgan fingerprint density at radius 3 is 1.52 bits per heavy atom. The summed E-state index contributed by atoms with van der Waals surface area (Å²) in [7, 11) is 2.19. The molecular formula is C60H44N2O. The van der Waals surface area contributed by atoms with Gasteiger partial charge in [-0.2, -0.15) is 0 Å². The van der Waals surface area contributed by atoms with Crippen LogP contribution in [0, 0.1) is 0 Å². The van der Waals surface area contributed by atoms with Crippen LogP contribution in [0.5, 0.6) is 11.5 Å². The van der Waals surface area contributed by atoms with E-state index < -0.39 is 5.41 Å². The lowest BCUT2D eigenvalue weighted by atomic mass is 9.66. The molecule has 1 aliphatic carbocycles. The van der Waals surface area contributed by atoms with E-state index in [1.807, 2.05) is 0 Å². The minimum absolute atomic E-state index is 0.0300. The summed E-state index contributed by atoms with van der Waals surface area (Å²) in [5.74, 6) is 1.81. The van der Waals surface area contributed by atoms with E-state index in [1.165, 1.54) is 89.1 Å². The zero-order valence-electron chi connectivity index (χ0n) is 34.9. The summed E-state index contributed by atoms with van der Waals surface area (Å²) < 4.78 is 6.59. The predicted octanol–water partition coefficient (Wildman–Crippen LogP) is 14.5. The molecule has 1 spiro atoms. The van der Waals surface area contributed by atoms with Gasteiger partial charge in [0.15, 0.2) is 0 Å². The maximum atomic E-state index is 6.59. The molecule has 0 radical (unpaired) electrons. The zero-order chi connectivity index (χ0) is 41.9. The maximum absolute atomic E-state index is 6.59. The van der Waals surface area contributed by atoms with E-state index in [9.17, 15) is 0 Å². The van der Waals surface area contributed by atoms with Gasteiger partial charge < -0.3 is 9.64 Å². The van der Waals surface area contributed by atoms with Crippen molar-refractivity contribution in [2.45, 2.75) is 17.6 Å². The third-order valence-electron chi connectivity index (χ3n) is 13.4. The van der Waals surface area contributed by atoms with Gasteiger partial charge in [0, 0.05) is 23.9 Å². The van der Waals surface area contributed by atoms with Crippen LogP contribution in [0.2, 0.25) is 0 Å². The molecule has 9 aromatic rings. The number of hydrogen-bond donors (Lipinski definition) is 1. The number of para-hydroxylation sites is 2. The summed E-state index contributed by atoms with van der Waals surface area (Å²) in [6.07, 6.45) is 2.32. The van der Waals surface area contributed by atoms with E-state index in [0.717, 1.165) is 11.5 Å². The second-order valence-corrected chi connectivity index (χ2v) is 16.9. The Morgan fingerprint density at radius 2 is 0.873 bits per heavy atom. The molecule has 2 aliphatic heterocycles. The van der Waals surface area contributed by atoms with Crippen molar-refractivity contribution in [1.29, 1.82) is 0 Å². The second-order valence-electron chi connectivity index (χ2n) is 16.9. The Labute approximate surface area is 369 Å². The molecule has 1 N–H and O–H groups in total. The molecule has 2 heterocycles. The van der Waals surface area contributed by atoms with Gasteiger partial charge in [-0.25, -0.2) is 0 Å². The summed E-state index contributed by atoms with van der Waals surface area (Å²) >= 11 is 0. The predicted molar refractivity (Wildman–Crippen MR) is 257 cm³/mol. The van der Waals surface area contributed by atoms with E-state index in [0.29, 0.717) is 0 Å². The fourth-order valence-electron chi connectivity index (χ4n) is 10.5. The molecule has 0 amide bonds. The third kappa shape index (κ3) is 6.07. The Hall–Kier alpha value is -7.72. The highest BCUT2D eigenvalue weighted by Crippen LogP contribution is 2.62. The first-order valence-corrected chi connectivity index (χ1v) is 21.9. The molecule has 0 saturated heterocycles. The van der Waals surface area contributed by atoms with E-state index in [2.05, 4.69) is 248 Å². The van der Waals surface area contributed by atoms with Crippen molar-refractivity contribution in [1.82, 2.24) is 10.2 Å². The molecule has 12 rings (SSSR count). The van der Waals surface area contributed by atoms with Crippen LogP contribution in [0.3, 0.4) is 0 Å². The van der Waals surface area contributed by atoms with Crippen LogP contribution >= 0.6 is 0 Å². The Morgan fingerprint density at radius 1 is 0.397 bits per heavy atom. The van der Waals surface area contributed by atoms with Gasteiger partial charge in [0.25, 0.3) is 0 Å². The van der Waals surface area contributed by atoms with Crippen LogP contribution in [0.1, 0.15) is 51.2 Å². The van der Waals surface area contributed by atoms with Gasteiger partial charge in [-0.3, -0.25) is 5.32 Å². The lowest BCUT2D eigenvalue weighted by Crippen LogP contribution is -2.40. The molecule has 300 valence electrons. The van der Waals surface area contributed by atoms with Crippen LogP contribution in [0.15, 0.2) is 231 Å². The van der Waals surface area contributed by atoms with Crippen molar-refractivity contribution in [3.8, 4) is 56.0 Å². The summed E-state index contributed by atoms with van der Waals surface area (Å²) in [4.78, 5) is 2.37. The minimum atomic E-state index is -0.502. The van der Waals surface area contributed by atoms with Crippen molar-refractivity contribution < 1.29 is 4.74 Å². The Bertz CT molecular complexity index is 3180. The summed E-state index contributed by atoms with van der Waals surface area (Å²) in [6.45, 7) is 0. The number of fused-ring (bicyclic) bond motifs is 9. The largest absolute Gasteiger partial charge is 0.457 e. The van der Waals surface area contributed by atoms with Crippen LogP contribution in [0.25, 0.3) is 50.2 Å². The molecule has 3 nitrogen and oxygen atoms in total. The SMILES string of the molecule is CN1C(c2ccccc2)=CC(c2ccccc2)NC1c1cccc(-c2cccc(-c3cccc(-c4ccc5c(c4)C4(c6ccccc6Oc6ccccc64)c4ccccc4-5)c3)c2)c1. The van der Waals surface area contributed by atoms with Crippen molar-refractivity contribution in [2.24, 2.45) is 0 Å². The summed E-state index contributed by atoms with van der Waals surface area (Å²) in [5.41, 5.74) is 19.0. The van der Waals surface area contributed by atoms with Crippen molar-refractivity contribution in [2.75, 3.05) is 7.05 Å². The molecule has 0 saturated carbocycles. The average molecular weight is 809 g/mol. The summed E-state index contributed by atoms with van der Waals surface area (Å²) in [5, 5.41) is 3.97. The average Bonchev–Trinajstić information content (AvgIpc) is 3.64. The van der Waals surface area contributed by atoms with Crippen LogP contribution < -0.4 is 10.1 Å². The first-order valence-electron chi connectivity index (χ1n) is 21.9.